The van der Waals surface area contributed by atoms with Crippen LogP contribution in [-0.4, -0.2) is 58.5 Å². The molecule has 2 fully saturated rings. The maximum Gasteiger partial charge on any atom is 0.157 e. The summed E-state index contributed by atoms with van der Waals surface area (Å²) in [5.41, 5.74) is 3.70. The van der Waals surface area contributed by atoms with Gasteiger partial charge in [0.05, 0.1) is 24.8 Å². The molecule has 1 aromatic carbocycles. The Kier molecular flexibility index (Phi) is 6.49. The zero-order chi connectivity index (χ0) is 21.9. The molecule has 1 saturated heterocycles. The number of nitrogens with zero attached hydrogens (tertiary/aromatic N) is 4. The van der Waals surface area contributed by atoms with E-state index in [1.54, 1.807) is 12.4 Å². The Balaban J connectivity index is 1.25. The van der Waals surface area contributed by atoms with Crippen LogP contribution in [0.3, 0.4) is 0 Å². The number of aliphatic hydroxyl groups is 1. The average molecular weight is 456 g/mol. The highest BCUT2D eigenvalue weighted by molar-refractivity contribution is 7.09. The summed E-state index contributed by atoms with van der Waals surface area (Å²) in [5.74, 6) is 0.798. The van der Waals surface area contributed by atoms with Gasteiger partial charge >= 0.3 is 0 Å². The van der Waals surface area contributed by atoms with E-state index in [1.807, 2.05) is 12.3 Å². The number of aliphatic hydroxyl groups excluding tert-OH is 1. The van der Waals surface area contributed by atoms with Crippen molar-refractivity contribution in [3.05, 3.63) is 40.6 Å². The van der Waals surface area contributed by atoms with Crippen molar-refractivity contribution in [3.63, 3.8) is 0 Å². The summed E-state index contributed by atoms with van der Waals surface area (Å²) in [6.07, 6.45) is 6.58. The Morgan fingerprint density at radius 3 is 2.69 bits per heavy atom. The smallest absolute Gasteiger partial charge is 0.157 e. The van der Waals surface area contributed by atoms with Crippen LogP contribution in [0.1, 0.15) is 42.6 Å². The highest BCUT2D eigenvalue weighted by Gasteiger charge is 2.26. The summed E-state index contributed by atoms with van der Waals surface area (Å²) >= 11 is 1.49. The van der Waals surface area contributed by atoms with Crippen LogP contribution in [0.15, 0.2) is 29.9 Å². The number of thiazole rings is 1. The molecule has 1 aliphatic heterocycles. The Labute approximate surface area is 191 Å². The van der Waals surface area contributed by atoms with Gasteiger partial charge in [-0.2, -0.15) is 0 Å². The summed E-state index contributed by atoms with van der Waals surface area (Å²) in [4.78, 5) is 15.8. The van der Waals surface area contributed by atoms with Crippen molar-refractivity contribution in [2.45, 2.75) is 51.0 Å². The number of aromatic nitrogens is 3. The predicted octanol–water partition coefficient (Wildman–Crippen LogP) is 3.20. The second kappa shape index (κ2) is 9.66. The van der Waals surface area contributed by atoms with Crippen molar-refractivity contribution in [2.24, 2.45) is 0 Å². The topological polar surface area (TPSA) is 92.6 Å². The van der Waals surface area contributed by atoms with E-state index in [0.717, 1.165) is 85.2 Å². The molecule has 1 atom stereocenters. The number of fused-ring (bicyclic) bond motifs is 1. The van der Waals surface area contributed by atoms with Gasteiger partial charge in [0.15, 0.2) is 6.23 Å². The minimum atomic E-state index is -0.708. The third kappa shape index (κ3) is 4.85. The largest absolute Gasteiger partial charge is 0.488 e. The Hall–Kier alpha value is -2.33. The maximum absolute atomic E-state index is 10.4. The first-order chi connectivity index (χ1) is 15.7. The quantitative estimate of drug-likeness (QED) is 0.548. The van der Waals surface area contributed by atoms with Crippen LogP contribution in [-0.2, 0) is 4.74 Å². The van der Waals surface area contributed by atoms with E-state index in [-0.39, 0.29) is 12.1 Å². The summed E-state index contributed by atoms with van der Waals surface area (Å²) in [6.45, 7) is 5.14. The van der Waals surface area contributed by atoms with Gasteiger partial charge in [-0.3, -0.25) is 10.3 Å². The van der Waals surface area contributed by atoms with E-state index in [1.165, 1.54) is 11.3 Å². The Morgan fingerprint density at radius 1 is 1.16 bits per heavy atom. The van der Waals surface area contributed by atoms with Gasteiger partial charge in [0.1, 0.15) is 16.3 Å². The van der Waals surface area contributed by atoms with Crippen LogP contribution in [0.2, 0.25) is 0 Å². The molecule has 2 aromatic heterocycles. The van der Waals surface area contributed by atoms with Crippen molar-refractivity contribution < 1.29 is 14.6 Å². The number of ether oxygens (including phenoxy) is 2. The molecule has 0 spiro atoms. The molecule has 0 radical (unpaired) electrons. The molecule has 3 aromatic rings. The van der Waals surface area contributed by atoms with Crippen molar-refractivity contribution in [1.29, 1.82) is 0 Å². The SMILES string of the molecule is Cc1csc(C(O)NC2CCC(Oc3cc(N4CCOCC4)cc4nccnc34)CC2)n1. The zero-order valence-electron chi connectivity index (χ0n) is 18.2. The van der Waals surface area contributed by atoms with Crippen LogP contribution >= 0.6 is 11.3 Å². The molecule has 5 rings (SSSR count). The van der Waals surface area contributed by atoms with Gasteiger partial charge in [-0.05, 0) is 38.7 Å². The van der Waals surface area contributed by atoms with Crippen LogP contribution < -0.4 is 15.0 Å². The first-order valence-electron chi connectivity index (χ1n) is 11.3. The lowest BCUT2D eigenvalue weighted by molar-refractivity contribution is 0.0889. The molecule has 1 unspecified atom stereocenters. The van der Waals surface area contributed by atoms with E-state index in [4.69, 9.17) is 9.47 Å². The van der Waals surface area contributed by atoms with E-state index < -0.39 is 6.23 Å². The molecule has 2 N–H and O–H groups in total. The number of nitrogens with one attached hydrogen (secondary N) is 1. The second-order valence-corrected chi connectivity index (χ2v) is 9.34. The van der Waals surface area contributed by atoms with Crippen molar-refractivity contribution >= 4 is 28.1 Å². The summed E-state index contributed by atoms with van der Waals surface area (Å²) in [5, 5.41) is 16.4. The lowest BCUT2D eigenvalue weighted by Crippen LogP contribution is -2.38. The molecular weight excluding hydrogens is 426 g/mol. The van der Waals surface area contributed by atoms with Gasteiger partial charge in [-0.1, -0.05) is 0 Å². The van der Waals surface area contributed by atoms with E-state index >= 15 is 0 Å². The highest BCUT2D eigenvalue weighted by atomic mass is 32.1. The van der Waals surface area contributed by atoms with E-state index in [2.05, 4.69) is 37.3 Å². The lowest BCUT2D eigenvalue weighted by atomic mass is 9.93. The fraction of sp³-hybridized carbons (Fsp3) is 0.522. The molecule has 9 heteroatoms. The molecule has 3 heterocycles. The van der Waals surface area contributed by atoms with Crippen molar-refractivity contribution in [1.82, 2.24) is 20.3 Å². The molecule has 2 aliphatic rings. The first-order valence-corrected chi connectivity index (χ1v) is 12.1. The first kappa shape index (κ1) is 21.5. The molecular formula is C23H29N5O3S. The number of rotatable bonds is 6. The summed E-state index contributed by atoms with van der Waals surface area (Å²) in [7, 11) is 0. The fourth-order valence-electron chi connectivity index (χ4n) is 4.44. The minimum Gasteiger partial charge on any atom is -0.488 e. The third-order valence-electron chi connectivity index (χ3n) is 6.13. The van der Waals surface area contributed by atoms with Crippen LogP contribution in [0.25, 0.3) is 11.0 Å². The van der Waals surface area contributed by atoms with Crippen LogP contribution in [0.5, 0.6) is 5.75 Å². The van der Waals surface area contributed by atoms with Crippen molar-refractivity contribution in [2.75, 3.05) is 31.2 Å². The normalized spacial score (nSPS) is 22.8. The molecule has 0 amide bonds. The number of benzene rings is 1. The van der Waals surface area contributed by atoms with Gasteiger partial charge in [0.25, 0.3) is 0 Å². The molecule has 8 nitrogen and oxygen atoms in total. The standard InChI is InChI=1S/C23H29N5O3S/c1-15-14-32-23(26-15)22(29)27-16-2-4-18(5-3-16)31-20-13-17(28-8-10-30-11-9-28)12-19-21(20)25-7-6-24-19/h6-7,12-14,16,18,22,27,29H,2-5,8-11H2,1H3. The van der Waals surface area contributed by atoms with E-state index in [9.17, 15) is 5.11 Å². The lowest BCUT2D eigenvalue weighted by Gasteiger charge is -2.32. The number of hydrogen-bond donors (Lipinski definition) is 2. The Morgan fingerprint density at radius 2 is 1.94 bits per heavy atom. The van der Waals surface area contributed by atoms with Crippen molar-refractivity contribution in [3.8, 4) is 5.75 Å². The average Bonchev–Trinajstić information content (AvgIpc) is 3.27. The second-order valence-electron chi connectivity index (χ2n) is 8.46. The fourth-order valence-corrected chi connectivity index (χ4v) is 5.18. The summed E-state index contributed by atoms with van der Waals surface area (Å²) in [6, 6.07) is 4.44. The monoisotopic (exact) mass is 455 g/mol. The maximum atomic E-state index is 10.4. The third-order valence-corrected chi connectivity index (χ3v) is 7.15. The van der Waals surface area contributed by atoms with E-state index in [0.29, 0.717) is 0 Å². The molecule has 1 aliphatic carbocycles. The predicted molar refractivity (Wildman–Crippen MR) is 124 cm³/mol. The highest BCUT2D eigenvalue weighted by Crippen LogP contribution is 2.33. The van der Waals surface area contributed by atoms with Crippen LogP contribution in [0, 0.1) is 6.92 Å². The zero-order valence-corrected chi connectivity index (χ0v) is 19.1. The molecule has 170 valence electrons. The van der Waals surface area contributed by atoms with Gasteiger partial charge in [-0.25, -0.2) is 9.97 Å². The Bertz CT molecular complexity index is 1050. The number of aryl methyl sites for hydroxylation is 1. The van der Waals surface area contributed by atoms with Gasteiger partial charge in [0, 0.05) is 54.4 Å². The van der Waals surface area contributed by atoms with Gasteiger partial charge in [-0.15, -0.1) is 11.3 Å². The minimum absolute atomic E-state index is 0.123. The van der Waals surface area contributed by atoms with Crippen LogP contribution in [0.4, 0.5) is 5.69 Å². The van der Waals surface area contributed by atoms with Gasteiger partial charge in [0.2, 0.25) is 0 Å². The summed E-state index contributed by atoms with van der Waals surface area (Å²) < 4.78 is 12.0. The number of morpholine rings is 1. The number of hydrogen-bond acceptors (Lipinski definition) is 9. The molecule has 32 heavy (non-hydrogen) atoms. The van der Waals surface area contributed by atoms with Gasteiger partial charge < -0.3 is 19.5 Å². The number of anilines is 1. The molecule has 1 saturated carbocycles. The molecule has 0 bridgehead atoms.